The topological polar surface area (TPSA) is 129 Å². The van der Waals surface area contributed by atoms with E-state index in [1.807, 2.05) is 0 Å². The predicted molar refractivity (Wildman–Crippen MR) is 163 cm³/mol. The number of aryl methyl sites for hydroxylation is 1. The summed E-state index contributed by atoms with van der Waals surface area (Å²) >= 11 is 6.32. The molecule has 5 rings (SSSR count). The molecule has 0 spiro atoms. The van der Waals surface area contributed by atoms with E-state index in [2.05, 4.69) is 15.4 Å². The fraction of sp³-hybridized carbons (Fsp3) is 0.0968. The van der Waals surface area contributed by atoms with E-state index in [4.69, 9.17) is 16.3 Å². The molecule has 0 bridgehead atoms. The summed E-state index contributed by atoms with van der Waals surface area (Å²) in [5.74, 6) is -1.14. The maximum Gasteiger partial charge on any atom is 0.416 e. The van der Waals surface area contributed by atoms with Crippen LogP contribution in [0.3, 0.4) is 0 Å². The third kappa shape index (κ3) is 6.83. The van der Waals surface area contributed by atoms with E-state index < -0.39 is 40.4 Å². The largest absolute Gasteiger partial charge is 0.476 e. The summed E-state index contributed by atoms with van der Waals surface area (Å²) in [7, 11) is 0. The van der Waals surface area contributed by atoms with Gasteiger partial charge in [0.25, 0.3) is 11.5 Å². The molecular formula is C31H21ClF3N5O5. The normalized spacial score (nSPS) is 11.6. The monoisotopic (exact) mass is 635 g/mol. The molecule has 1 amide bonds. The molecule has 1 heterocycles. The Balaban J connectivity index is 1.50. The SMILES string of the molecule is Cc1ccccc1NC(=O)COc1c(Cl)cc(C=Nn2c(-c3cccc(C(F)(F)F)c3)nc3ccccc3c2=O)cc1[N+](=O)[O-]. The van der Waals surface area contributed by atoms with Crippen LogP contribution in [0.1, 0.15) is 16.7 Å². The van der Waals surface area contributed by atoms with Gasteiger partial charge in [-0.05, 0) is 48.9 Å². The summed E-state index contributed by atoms with van der Waals surface area (Å²) in [6.07, 6.45) is -3.58. The lowest BCUT2D eigenvalue weighted by atomic mass is 10.1. The molecule has 0 aliphatic carbocycles. The maximum absolute atomic E-state index is 13.5. The van der Waals surface area contributed by atoms with E-state index in [0.29, 0.717) is 5.69 Å². The molecule has 0 atom stereocenters. The summed E-state index contributed by atoms with van der Waals surface area (Å²) in [6.45, 7) is 1.21. The lowest BCUT2D eigenvalue weighted by Gasteiger charge is -2.12. The highest BCUT2D eigenvalue weighted by Gasteiger charge is 2.31. The molecule has 0 unspecified atom stereocenters. The fourth-order valence-corrected chi connectivity index (χ4v) is 4.64. The Morgan fingerprint density at radius 1 is 1.09 bits per heavy atom. The number of rotatable bonds is 8. The second-order valence-electron chi connectivity index (χ2n) is 9.65. The number of nitrogens with one attached hydrogen (secondary N) is 1. The van der Waals surface area contributed by atoms with Crippen molar-refractivity contribution >= 4 is 46.0 Å². The first kappa shape index (κ1) is 30.9. The Morgan fingerprint density at radius 2 is 1.82 bits per heavy atom. The second kappa shape index (κ2) is 12.6. The van der Waals surface area contributed by atoms with Crippen LogP contribution in [0.5, 0.6) is 5.75 Å². The van der Waals surface area contributed by atoms with Crippen molar-refractivity contribution in [2.75, 3.05) is 11.9 Å². The Bertz CT molecular complexity index is 2050. The van der Waals surface area contributed by atoms with Crippen molar-refractivity contribution in [2.24, 2.45) is 5.10 Å². The Morgan fingerprint density at radius 3 is 2.56 bits per heavy atom. The Kier molecular flexibility index (Phi) is 8.64. The number of amides is 1. The van der Waals surface area contributed by atoms with Crippen LogP contribution in [0.15, 0.2) is 94.8 Å². The number of ether oxygens (including phenoxy) is 1. The third-order valence-corrected chi connectivity index (χ3v) is 6.81. The molecule has 1 N–H and O–H groups in total. The van der Waals surface area contributed by atoms with E-state index >= 15 is 0 Å². The van der Waals surface area contributed by atoms with E-state index in [1.54, 1.807) is 43.3 Å². The van der Waals surface area contributed by atoms with E-state index in [0.717, 1.165) is 34.7 Å². The quantitative estimate of drug-likeness (QED) is 0.113. The van der Waals surface area contributed by atoms with E-state index in [1.165, 1.54) is 30.3 Å². The summed E-state index contributed by atoms with van der Waals surface area (Å²) < 4.78 is 46.6. The van der Waals surface area contributed by atoms with Crippen LogP contribution in [-0.4, -0.2) is 33.3 Å². The lowest BCUT2D eigenvalue weighted by molar-refractivity contribution is -0.385. The first-order valence-corrected chi connectivity index (χ1v) is 13.5. The zero-order chi connectivity index (χ0) is 32.3. The molecule has 4 aromatic carbocycles. The van der Waals surface area contributed by atoms with Gasteiger partial charge in [-0.25, -0.2) is 4.98 Å². The van der Waals surface area contributed by atoms with Gasteiger partial charge < -0.3 is 10.1 Å². The van der Waals surface area contributed by atoms with Crippen LogP contribution in [0, 0.1) is 17.0 Å². The van der Waals surface area contributed by atoms with Crippen molar-refractivity contribution in [3.8, 4) is 17.1 Å². The average Bonchev–Trinajstić information content (AvgIpc) is 3.00. The average molecular weight is 636 g/mol. The van der Waals surface area contributed by atoms with Gasteiger partial charge in [0.15, 0.2) is 12.4 Å². The number of anilines is 1. The minimum atomic E-state index is -4.65. The van der Waals surface area contributed by atoms with Crippen molar-refractivity contribution < 1.29 is 27.6 Å². The number of hydrogen-bond acceptors (Lipinski definition) is 7. The van der Waals surface area contributed by atoms with Crippen molar-refractivity contribution in [3.63, 3.8) is 0 Å². The van der Waals surface area contributed by atoms with Crippen LogP contribution in [0.4, 0.5) is 24.5 Å². The van der Waals surface area contributed by atoms with Crippen molar-refractivity contribution in [1.29, 1.82) is 0 Å². The van der Waals surface area contributed by atoms with Crippen LogP contribution < -0.4 is 15.6 Å². The number of fused-ring (bicyclic) bond motifs is 1. The molecule has 0 saturated carbocycles. The first-order valence-electron chi connectivity index (χ1n) is 13.1. The predicted octanol–water partition coefficient (Wildman–Crippen LogP) is 6.85. The van der Waals surface area contributed by atoms with Gasteiger partial charge in [0.2, 0.25) is 5.75 Å². The van der Waals surface area contributed by atoms with Crippen LogP contribution in [0.25, 0.3) is 22.3 Å². The van der Waals surface area contributed by atoms with Crippen molar-refractivity contribution in [3.05, 3.63) is 127 Å². The molecule has 1 aromatic heterocycles. The summed E-state index contributed by atoms with van der Waals surface area (Å²) in [4.78, 5) is 41.4. The molecule has 5 aromatic rings. The smallest absolute Gasteiger partial charge is 0.416 e. The van der Waals surface area contributed by atoms with E-state index in [-0.39, 0.29) is 38.6 Å². The second-order valence-corrected chi connectivity index (χ2v) is 10.1. The zero-order valence-electron chi connectivity index (χ0n) is 23.2. The summed E-state index contributed by atoms with van der Waals surface area (Å²) in [5, 5.41) is 18.6. The molecule has 0 aliphatic heterocycles. The molecule has 228 valence electrons. The number of benzene rings is 4. The Labute approximate surface area is 257 Å². The highest BCUT2D eigenvalue weighted by atomic mass is 35.5. The number of halogens is 4. The van der Waals surface area contributed by atoms with Crippen molar-refractivity contribution in [2.45, 2.75) is 13.1 Å². The van der Waals surface area contributed by atoms with Crippen molar-refractivity contribution in [1.82, 2.24) is 9.66 Å². The minimum absolute atomic E-state index is 0.0402. The molecule has 0 aliphatic rings. The number of nitro groups is 1. The lowest BCUT2D eigenvalue weighted by Crippen LogP contribution is -2.21. The highest BCUT2D eigenvalue weighted by molar-refractivity contribution is 6.32. The van der Waals surface area contributed by atoms with Gasteiger partial charge in [-0.15, -0.1) is 0 Å². The number of para-hydroxylation sites is 2. The molecular weight excluding hydrogens is 615 g/mol. The minimum Gasteiger partial charge on any atom is -0.476 e. The van der Waals surface area contributed by atoms with Gasteiger partial charge in [-0.2, -0.15) is 22.9 Å². The molecule has 0 saturated heterocycles. The number of carbonyl (C=O) groups is 1. The van der Waals surface area contributed by atoms with Gasteiger partial charge in [0.05, 0.1) is 32.6 Å². The molecule has 0 radical (unpaired) electrons. The first-order chi connectivity index (χ1) is 21.4. The number of nitro benzene ring substituents is 1. The number of carbonyl (C=O) groups excluding carboxylic acids is 1. The number of nitrogens with zero attached hydrogens (tertiary/aromatic N) is 4. The van der Waals surface area contributed by atoms with Crippen LogP contribution in [-0.2, 0) is 11.0 Å². The number of alkyl halides is 3. The number of aromatic nitrogens is 2. The molecule has 0 fully saturated rings. The fourth-order valence-electron chi connectivity index (χ4n) is 4.37. The molecule has 10 nitrogen and oxygen atoms in total. The standard InChI is InChI=1S/C31H21ClF3N5O5/c1-18-7-2-4-11-24(18)37-27(41)17-45-28-23(32)13-19(14-26(28)40(43)44)16-36-39-29(20-8-6-9-21(15-20)31(33,34)35)38-25-12-5-3-10-22(25)30(39)42/h2-16H,17H2,1H3,(H,37,41). The van der Waals surface area contributed by atoms with Crippen LogP contribution >= 0.6 is 11.6 Å². The van der Waals surface area contributed by atoms with Crippen LogP contribution in [0.2, 0.25) is 5.02 Å². The van der Waals surface area contributed by atoms with E-state index in [9.17, 15) is 32.9 Å². The third-order valence-electron chi connectivity index (χ3n) is 6.53. The zero-order valence-corrected chi connectivity index (χ0v) is 24.0. The summed E-state index contributed by atoms with van der Waals surface area (Å²) in [6, 6.07) is 19.8. The van der Waals surface area contributed by atoms with Gasteiger partial charge >= 0.3 is 11.9 Å². The number of hydrogen-bond donors (Lipinski definition) is 1. The highest BCUT2D eigenvalue weighted by Crippen LogP contribution is 2.36. The van der Waals surface area contributed by atoms with Gasteiger partial charge in [0.1, 0.15) is 0 Å². The molecule has 14 heteroatoms. The van der Waals surface area contributed by atoms with Gasteiger partial charge in [0, 0.05) is 22.9 Å². The maximum atomic E-state index is 13.5. The Hall–Kier alpha value is -5.56. The summed E-state index contributed by atoms with van der Waals surface area (Å²) in [5.41, 5.74) is -0.646. The van der Waals surface area contributed by atoms with Gasteiger partial charge in [-0.1, -0.05) is 54.1 Å². The molecule has 45 heavy (non-hydrogen) atoms. The van der Waals surface area contributed by atoms with Gasteiger partial charge in [-0.3, -0.25) is 19.7 Å².